The van der Waals surface area contributed by atoms with E-state index in [0.717, 1.165) is 11.2 Å². The van der Waals surface area contributed by atoms with Crippen molar-refractivity contribution in [3.63, 3.8) is 0 Å². The number of hydrogen-bond acceptors (Lipinski definition) is 3. The third-order valence-electron chi connectivity index (χ3n) is 3.72. The molecular weight excluding hydrogens is 261 g/mol. The molecule has 1 aromatic carbocycles. The van der Waals surface area contributed by atoms with E-state index in [1.165, 1.54) is 0 Å². The molecule has 0 aliphatic carbocycles. The Hall–Kier alpha value is -0.865. The van der Waals surface area contributed by atoms with Crippen LogP contribution in [0.5, 0.6) is 5.75 Å². The molecule has 0 N–H and O–H groups in total. The van der Waals surface area contributed by atoms with Crippen LogP contribution >= 0.6 is 0 Å². The lowest BCUT2D eigenvalue weighted by Gasteiger charge is -2.32. The van der Waals surface area contributed by atoms with Gasteiger partial charge < -0.3 is 14.0 Å². The lowest BCUT2D eigenvalue weighted by Crippen LogP contribution is -2.41. The molecule has 2 rings (SSSR count). The zero-order valence-corrected chi connectivity index (χ0v) is 13.4. The Bertz CT molecular complexity index is 416. The first kappa shape index (κ1) is 18.2. The molecule has 1 radical (unpaired) electrons. The van der Waals surface area contributed by atoms with Crippen molar-refractivity contribution in [3.8, 4) is 5.75 Å². The molecule has 1 aliphatic heterocycles. The molecule has 115 valence electrons. The van der Waals surface area contributed by atoms with Gasteiger partial charge in [-0.3, -0.25) is 0 Å². The minimum absolute atomic E-state index is 0.295. The molecule has 0 aromatic heterocycles. The van der Waals surface area contributed by atoms with E-state index in [1.807, 2.05) is 31.2 Å². The summed E-state index contributed by atoms with van der Waals surface area (Å²) in [5.74, 6) is 0.873. The summed E-state index contributed by atoms with van der Waals surface area (Å²) >= 11 is 0. The van der Waals surface area contributed by atoms with Crippen LogP contribution in [0.3, 0.4) is 0 Å². The fraction of sp³-hybridized carbons (Fsp3) is 0.600. The maximum atomic E-state index is 5.99. The van der Waals surface area contributed by atoms with Crippen LogP contribution in [0.2, 0.25) is 6.82 Å². The second-order valence-corrected chi connectivity index (χ2v) is 5.59. The average Bonchev–Trinajstić information content (AvgIpc) is 2.61. The van der Waals surface area contributed by atoms with Crippen LogP contribution in [0.15, 0.2) is 24.3 Å². The van der Waals surface area contributed by atoms with Gasteiger partial charge in [0, 0.05) is 0 Å². The van der Waals surface area contributed by atoms with E-state index in [1.54, 1.807) is 0 Å². The SMILES string of the molecule is CCOc1ccc(B2OC(C)(C)C(C)(C)O2)cc1.[BH3-][B]C. The van der Waals surface area contributed by atoms with Gasteiger partial charge in [0.15, 0.2) is 0 Å². The Morgan fingerprint density at radius 2 is 1.52 bits per heavy atom. The van der Waals surface area contributed by atoms with E-state index < -0.39 is 0 Å². The van der Waals surface area contributed by atoms with Gasteiger partial charge in [-0.15, -0.1) is 14.0 Å². The quantitative estimate of drug-likeness (QED) is 0.787. The zero-order chi connectivity index (χ0) is 16.1. The highest BCUT2D eigenvalue weighted by atomic mass is 16.7. The van der Waals surface area contributed by atoms with E-state index in [0.29, 0.717) is 14.3 Å². The summed E-state index contributed by atoms with van der Waals surface area (Å²) in [5, 5.41) is 0. The second-order valence-electron chi connectivity index (χ2n) is 5.59. The van der Waals surface area contributed by atoms with E-state index in [9.17, 15) is 0 Å². The number of ether oxygens (including phenoxy) is 1. The Kier molecular flexibility index (Phi) is 6.42. The molecule has 0 spiro atoms. The molecule has 6 heteroatoms. The third-order valence-corrected chi connectivity index (χ3v) is 3.72. The van der Waals surface area contributed by atoms with Crippen LogP contribution in [0.4, 0.5) is 0 Å². The van der Waals surface area contributed by atoms with Crippen molar-refractivity contribution in [2.45, 2.75) is 52.6 Å². The topological polar surface area (TPSA) is 27.7 Å². The van der Waals surface area contributed by atoms with Crippen LogP contribution in [0.25, 0.3) is 0 Å². The van der Waals surface area contributed by atoms with Crippen LogP contribution in [0.1, 0.15) is 34.6 Å². The molecule has 0 bridgehead atoms. The van der Waals surface area contributed by atoms with Gasteiger partial charge in [0.2, 0.25) is 0 Å². The molecule has 1 saturated heterocycles. The first-order valence-corrected chi connectivity index (χ1v) is 7.02. The van der Waals surface area contributed by atoms with Gasteiger partial charge in [0.1, 0.15) is 5.75 Å². The van der Waals surface area contributed by atoms with E-state index in [-0.39, 0.29) is 18.3 Å². The van der Waals surface area contributed by atoms with Crippen molar-refractivity contribution in [2.24, 2.45) is 0 Å². The van der Waals surface area contributed by atoms with Crippen molar-refractivity contribution in [3.05, 3.63) is 24.3 Å². The van der Waals surface area contributed by atoms with Gasteiger partial charge in [-0.2, -0.15) is 0 Å². The van der Waals surface area contributed by atoms with Gasteiger partial charge in [-0.05, 0) is 52.2 Å². The maximum Gasteiger partial charge on any atom is 0.494 e. The van der Waals surface area contributed by atoms with E-state index in [4.69, 9.17) is 14.0 Å². The monoisotopic (exact) mass is 288 g/mol. The molecule has 0 amide bonds. The molecule has 0 unspecified atom stereocenters. The smallest absolute Gasteiger partial charge is 0.494 e. The molecule has 1 heterocycles. The van der Waals surface area contributed by atoms with Gasteiger partial charge in [-0.1, -0.05) is 19.9 Å². The fourth-order valence-corrected chi connectivity index (χ4v) is 1.87. The minimum atomic E-state index is -0.300. The zero-order valence-electron chi connectivity index (χ0n) is 13.4. The van der Waals surface area contributed by atoms with E-state index >= 15 is 0 Å². The molecular formula is C15H27B3O3-. The third kappa shape index (κ3) is 4.55. The van der Waals surface area contributed by atoms with Crippen molar-refractivity contribution in [2.75, 3.05) is 6.61 Å². The van der Waals surface area contributed by atoms with Crippen LogP contribution in [-0.4, -0.2) is 39.8 Å². The number of rotatable bonds is 3. The van der Waals surface area contributed by atoms with Crippen molar-refractivity contribution in [1.82, 2.24) is 0 Å². The van der Waals surface area contributed by atoms with Crippen LogP contribution < -0.4 is 10.2 Å². The van der Waals surface area contributed by atoms with Crippen molar-refractivity contribution >= 4 is 27.5 Å². The predicted molar refractivity (Wildman–Crippen MR) is 94.9 cm³/mol. The highest BCUT2D eigenvalue weighted by Gasteiger charge is 2.51. The lowest BCUT2D eigenvalue weighted by molar-refractivity contribution is 0.00578. The van der Waals surface area contributed by atoms with Gasteiger partial charge in [0.25, 0.3) is 0 Å². The number of benzene rings is 1. The molecule has 21 heavy (non-hydrogen) atoms. The molecule has 1 fully saturated rings. The normalized spacial score (nSPS) is 18.7. The summed E-state index contributed by atoms with van der Waals surface area (Å²) in [6, 6.07) is 7.88. The van der Waals surface area contributed by atoms with E-state index in [2.05, 4.69) is 41.7 Å². The predicted octanol–water partition coefficient (Wildman–Crippen LogP) is 1.40. The summed E-state index contributed by atoms with van der Waals surface area (Å²) in [6.07, 6.45) is 0. The maximum absolute atomic E-state index is 5.99. The Balaban J connectivity index is 0.000000677. The molecule has 0 atom stereocenters. The highest BCUT2D eigenvalue weighted by Crippen LogP contribution is 2.36. The minimum Gasteiger partial charge on any atom is -0.494 e. The van der Waals surface area contributed by atoms with Crippen LogP contribution in [0, 0.1) is 0 Å². The first-order chi connectivity index (χ1) is 9.77. The summed E-state index contributed by atoms with van der Waals surface area (Å²) in [5.41, 5.74) is 0.434. The standard InChI is InChI=1S/C14H21BO3.CH6B2/c1-6-16-12-9-7-11(8-10-12)15-17-13(2,3)14(4,5)18-15;1-3-2/h7-10H,6H2,1-5H3;1-2H3/q;-1. The summed E-state index contributed by atoms with van der Waals surface area (Å²) in [6.45, 7) is 13.0. The molecule has 3 nitrogen and oxygen atoms in total. The van der Waals surface area contributed by atoms with Crippen LogP contribution in [-0.2, 0) is 9.31 Å². The van der Waals surface area contributed by atoms with Gasteiger partial charge in [-0.25, -0.2) is 0 Å². The number of hydrogen-bond donors (Lipinski definition) is 0. The largest absolute Gasteiger partial charge is 0.494 e. The fourth-order valence-electron chi connectivity index (χ4n) is 1.87. The highest BCUT2D eigenvalue weighted by molar-refractivity contribution is 6.88. The molecule has 0 saturated carbocycles. The Morgan fingerprint density at radius 1 is 1.10 bits per heavy atom. The molecule has 1 aromatic rings. The second kappa shape index (κ2) is 7.41. The van der Waals surface area contributed by atoms with Crippen molar-refractivity contribution < 1.29 is 14.0 Å². The summed E-state index contributed by atoms with van der Waals surface area (Å²) in [7, 11) is 2.59. The van der Waals surface area contributed by atoms with Gasteiger partial charge in [0.05, 0.1) is 17.8 Å². The first-order valence-electron chi connectivity index (χ1n) is 7.02. The average molecular weight is 288 g/mol. The molecule has 1 aliphatic rings. The van der Waals surface area contributed by atoms with Gasteiger partial charge >= 0.3 is 7.12 Å². The summed E-state index contributed by atoms with van der Waals surface area (Å²) < 4.78 is 17.4. The Labute approximate surface area is 131 Å². The van der Waals surface area contributed by atoms with Crippen molar-refractivity contribution in [1.29, 1.82) is 0 Å². The lowest BCUT2D eigenvalue weighted by atomic mass is 9.59. The Morgan fingerprint density at radius 3 is 1.90 bits per heavy atom. The summed E-state index contributed by atoms with van der Waals surface area (Å²) in [4.78, 5) is 0.